The van der Waals surface area contributed by atoms with Gasteiger partial charge in [-0.2, -0.15) is 0 Å². The normalized spacial score (nSPS) is 13.6. The number of amides is 1. The van der Waals surface area contributed by atoms with Crippen molar-refractivity contribution in [2.75, 3.05) is 5.32 Å². The van der Waals surface area contributed by atoms with Crippen molar-refractivity contribution in [3.63, 3.8) is 0 Å². The average Bonchev–Trinajstić information content (AvgIpc) is 3.63. The summed E-state index contributed by atoms with van der Waals surface area (Å²) in [5, 5.41) is 13.9. The third-order valence-electron chi connectivity index (χ3n) is 8.60. The van der Waals surface area contributed by atoms with Crippen LogP contribution in [0.15, 0.2) is 78.9 Å². The molecule has 0 saturated heterocycles. The molecule has 0 radical (unpaired) electrons. The highest BCUT2D eigenvalue weighted by molar-refractivity contribution is 6.15. The third kappa shape index (κ3) is 7.46. The summed E-state index contributed by atoms with van der Waals surface area (Å²) in [6, 6.07) is 25.1. The van der Waals surface area contributed by atoms with Gasteiger partial charge in [-0.3, -0.25) is 14.4 Å². The van der Waals surface area contributed by atoms with Crippen LogP contribution >= 0.6 is 0 Å². The topological polar surface area (TPSA) is 152 Å². The van der Waals surface area contributed by atoms with E-state index in [2.05, 4.69) is 33.1 Å². The van der Waals surface area contributed by atoms with Crippen molar-refractivity contribution < 1.29 is 28.6 Å². The van der Waals surface area contributed by atoms with Crippen molar-refractivity contribution >= 4 is 56.4 Å². The number of para-hydroxylation sites is 1. The number of benzene rings is 4. The Hall–Kier alpha value is -5.71. The summed E-state index contributed by atoms with van der Waals surface area (Å²) in [6.45, 7) is 5.06. The molecule has 1 saturated carbocycles. The molecular weight excluding hydrogens is 637 g/mol. The number of nitrogens with two attached hydrogens (primary N) is 1. The monoisotopic (exact) mass is 677 g/mol. The SMILES string of the molecule is CC(C)(C)OC(=O)CC(=O)O.NC(=O)c1ccc(-n2c3ccccc3c3c(-c4nc5ccc(F)cc5[nH]4)cccc32)cc1NC1CCCCC1. The Kier molecular flexibility index (Phi) is 9.59. The number of anilines is 1. The molecule has 258 valence electrons. The Balaban J connectivity index is 0.000000342. The van der Waals surface area contributed by atoms with Gasteiger partial charge < -0.3 is 30.4 Å². The van der Waals surface area contributed by atoms with Crippen molar-refractivity contribution in [3.8, 4) is 17.1 Å². The summed E-state index contributed by atoms with van der Waals surface area (Å²) in [7, 11) is 0. The van der Waals surface area contributed by atoms with Crippen LogP contribution in [0.5, 0.6) is 0 Å². The molecule has 7 rings (SSSR count). The fourth-order valence-corrected chi connectivity index (χ4v) is 6.58. The van der Waals surface area contributed by atoms with E-state index in [1.165, 1.54) is 31.4 Å². The predicted molar refractivity (Wildman–Crippen MR) is 193 cm³/mol. The van der Waals surface area contributed by atoms with Crippen molar-refractivity contribution in [1.82, 2.24) is 14.5 Å². The largest absolute Gasteiger partial charge is 0.481 e. The van der Waals surface area contributed by atoms with Gasteiger partial charge in [0.25, 0.3) is 5.91 Å². The van der Waals surface area contributed by atoms with Gasteiger partial charge in [-0.1, -0.05) is 49.6 Å². The van der Waals surface area contributed by atoms with Gasteiger partial charge in [-0.05, 0) is 82.1 Å². The number of aliphatic carboxylic acids is 1. The van der Waals surface area contributed by atoms with Crippen LogP contribution in [-0.2, 0) is 14.3 Å². The zero-order valence-electron chi connectivity index (χ0n) is 28.3. The highest BCUT2D eigenvalue weighted by Gasteiger charge is 2.21. The number of aromatic amines is 1. The molecule has 11 heteroatoms. The Morgan fingerprint density at radius 2 is 1.72 bits per heavy atom. The number of carboxylic acids is 1. The first kappa shape index (κ1) is 34.2. The van der Waals surface area contributed by atoms with Gasteiger partial charge in [-0.15, -0.1) is 0 Å². The number of imidazole rings is 1. The Labute approximate surface area is 288 Å². The number of carbonyl (C=O) groups is 3. The maximum Gasteiger partial charge on any atom is 0.317 e. The molecule has 2 heterocycles. The number of rotatable bonds is 7. The van der Waals surface area contributed by atoms with Gasteiger partial charge in [0.2, 0.25) is 0 Å². The summed E-state index contributed by atoms with van der Waals surface area (Å²) in [5.41, 5.74) is 11.7. The molecule has 1 aliphatic rings. The van der Waals surface area contributed by atoms with Crippen LogP contribution in [0.4, 0.5) is 10.1 Å². The molecule has 2 aromatic heterocycles. The number of nitrogens with one attached hydrogen (secondary N) is 2. The van der Waals surface area contributed by atoms with Crippen LogP contribution in [0.2, 0.25) is 0 Å². The zero-order valence-corrected chi connectivity index (χ0v) is 28.3. The van der Waals surface area contributed by atoms with Crippen LogP contribution < -0.4 is 11.1 Å². The lowest BCUT2D eigenvalue weighted by Gasteiger charge is -2.25. The van der Waals surface area contributed by atoms with E-state index in [0.717, 1.165) is 51.6 Å². The van der Waals surface area contributed by atoms with Gasteiger partial charge in [0.05, 0.1) is 27.6 Å². The van der Waals surface area contributed by atoms with Gasteiger partial charge in [0.1, 0.15) is 23.7 Å². The minimum Gasteiger partial charge on any atom is -0.481 e. The molecule has 6 aromatic rings. The van der Waals surface area contributed by atoms with E-state index in [0.29, 0.717) is 28.5 Å². The standard InChI is InChI=1S/C32H28FN5O.C7H12O4/c33-19-13-16-25-27(17-19)37-32(36-25)24-10-6-12-29-30(24)23-9-4-5-11-28(23)38(29)21-14-15-22(31(34)39)26(18-21)35-20-7-2-1-3-8-20;1-7(2,3)11-6(10)4-5(8)9/h4-6,9-18,20,35H,1-3,7-8H2,(H2,34,39)(H,36,37);4H2,1-3H3,(H,8,9). The summed E-state index contributed by atoms with van der Waals surface area (Å²) >= 11 is 0. The second-order valence-corrected chi connectivity index (χ2v) is 13.5. The van der Waals surface area contributed by atoms with E-state index in [4.69, 9.17) is 20.6 Å². The minimum atomic E-state index is -1.17. The molecule has 1 aliphatic carbocycles. The molecule has 1 amide bonds. The Bertz CT molecular complexity index is 2230. The Morgan fingerprint density at radius 1 is 0.980 bits per heavy atom. The highest BCUT2D eigenvalue weighted by atomic mass is 19.1. The molecule has 0 unspecified atom stereocenters. The molecule has 0 spiro atoms. The number of aromatic nitrogens is 3. The number of nitrogens with zero attached hydrogens (tertiary/aromatic N) is 2. The van der Waals surface area contributed by atoms with Gasteiger partial charge >= 0.3 is 11.9 Å². The van der Waals surface area contributed by atoms with E-state index in [1.807, 2.05) is 42.5 Å². The molecule has 4 aromatic carbocycles. The number of hydrogen-bond donors (Lipinski definition) is 4. The maximum atomic E-state index is 13.9. The molecular formula is C39H40FN5O5. The number of carbonyl (C=O) groups excluding carboxylic acids is 2. The summed E-state index contributed by atoms with van der Waals surface area (Å²) in [6.07, 6.45) is 5.23. The van der Waals surface area contributed by atoms with Crippen LogP contribution in [-0.4, -0.2) is 49.1 Å². The molecule has 0 atom stereocenters. The predicted octanol–water partition coefficient (Wildman–Crippen LogP) is 8.11. The van der Waals surface area contributed by atoms with Crippen molar-refractivity contribution in [1.29, 1.82) is 0 Å². The lowest BCUT2D eigenvalue weighted by Crippen LogP contribution is -2.25. The van der Waals surface area contributed by atoms with Crippen molar-refractivity contribution in [2.45, 2.75) is 70.9 Å². The Morgan fingerprint density at radius 3 is 2.44 bits per heavy atom. The number of fused-ring (bicyclic) bond motifs is 4. The number of halogens is 1. The average molecular weight is 678 g/mol. The molecule has 0 bridgehead atoms. The second kappa shape index (κ2) is 14.0. The minimum absolute atomic E-state index is 0.301. The van der Waals surface area contributed by atoms with Crippen LogP contribution in [0.3, 0.4) is 0 Å². The van der Waals surface area contributed by atoms with E-state index >= 15 is 0 Å². The van der Waals surface area contributed by atoms with E-state index in [9.17, 15) is 18.8 Å². The van der Waals surface area contributed by atoms with Gasteiger partial charge in [-0.25, -0.2) is 9.37 Å². The highest BCUT2D eigenvalue weighted by Crippen LogP contribution is 2.39. The number of hydrogen-bond acceptors (Lipinski definition) is 6. The summed E-state index contributed by atoms with van der Waals surface area (Å²) in [5.74, 6) is -1.92. The first-order chi connectivity index (χ1) is 23.9. The number of ether oxygens (including phenoxy) is 1. The number of carboxylic acid groups (broad SMARTS) is 1. The van der Waals surface area contributed by atoms with Crippen molar-refractivity contribution in [3.05, 3.63) is 90.2 Å². The fourth-order valence-electron chi connectivity index (χ4n) is 6.58. The van der Waals surface area contributed by atoms with E-state index in [1.54, 1.807) is 26.8 Å². The molecule has 5 N–H and O–H groups in total. The maximum absolute atomic E-state index is 13.9. The quantitative estimate of drug-likeness (QED) is 0.0984. The summed E-state index contributed by atoms with van der Waals surface area (Å²) in [4.78, 5) is 41.1. The number of primary amides is 1. The first-order valence-corrected chi connectivity index (χ1v) is 16.7. The second-order valence-electron chi connectivity index (χ2n) is 13.5. The number of H-pyrrole nitrogens is 1. The molecule has 0 aliphatic heterocycles. The lowest BCUT2D eigenvalue weighted by atomic mass is 9.95. The summed E-state index contributed by atoms with van der Waals surface area (Å²) < 4.78 is 20.8. The van der Waals surface area contributed by atoms with Gasteiger partial charge in [0, 0.05) is 33.8 Å². The molecule has 1 fully saturated rings. The first-order valence-electron chi connectivity index (χ1n) is 16.7. The van der Waals surface area contributed by atoms with E-state index in [-0.39, 0.29) is 5.82 Å². The lowest BCUT2D eigenvalue weighted by molar-refractivity contribution is -0.159. The van der Waals surface area contributed by atoms with E-state index < -0.39 is 29.9 Å². The zero-order chi connectivity index (χ0) is 35.6. The van der Waals surface area contributed by atoms with Crippen LogP contribution in [0.1, 0.15) is 69.7 Å². The fraction of sp³-hybridized carbons (Fsp3) is 0.282. The van der Waals surface area contributed by atoms with Gasteiger partial charge in [0.15, 0.2) is 0 Å². The third-order valence-corrected chi connectivity index (χ3v) is 8.60. The molecule has 10 nitrogen and oxygen atoms in total. The van der Waals surface area contributed by atoms with Crippen LogP contribution in [0.25, 0.3) is 49.9 Å². The smallest absolute Gasteiger partial charge is 0.317 e. The van der Waals surface area contributed by atoms with Crippen molar-refractivity contribution in [2.24, 2.45) is 5.73 Å². The molecule has 50 heavy (non-hydrogen) atoms. The van der Waals surface area contributed by atoms with Crippen LogP contribution in [0, 0.1) is 5.82 Å². The number of esters is 1.